The van der Waals surface area contributed by atoms with Crippen LogP contribution in [0.1, 0.15) is 0 Å². The fourth-order valence-corrected chi connectivity index (χ4v) is 13.5. The average Bonchev–Trinajstić information content (AvgIpc) is 3.36. The van der Waals surface area contributed by atoms with E-state index >= 15 is 4.57 Å². The molecule has 0 N–H and O–H groups in total. The first-order valence-corrected chi connectivity index (χ1v) is 21.1. The van der Waals surface area contributed by atoms with E-state index in [9.17, 15) is 0 Å². The van der Waals surface area contributed by atoms with Crippen molar-refractivity contribution in [1.82, 2.24) is 0 Å². The van der Waals surface area contributed by atoms with E-state index in [-0.39, 0.29) is 0 Å². The summed E-state index contributed by atoms with van der Waals surface area (Å²) in [5.41, 5.74) is 4.37. The van der Waals surface area contributed by atoms with Gasteiger partial charge < -0.3 is 4.57 Å². The van der Waals surface area contributed by atoms with E-state index in [1.165, 1.54) is 64.6 Å². The lowest BCUT2D eigenvalue weighted by atomic mass is 9.87. The minimum Gasteiger partial charge on any atom is -0.309 e. The van der Waals surface area contributed by atoms with Crippen LogP contribution in [0.5, 0.6) is 0 Å². The van der Waals surface area contributed by atoms with E-state index in [0.29, 0.717) is 0 Å². The SMILES string of the molecule is O=P1(c2cc3ccc4cccc5c6cccc7ccc8cccc(c(c2)c3c45)c8c76)c2ccccc2-c2ccc3ccccc3c2-c2c1ccc1ccccc21. The van der Waals surface area contributed by atoms with Crippen molar-refractivity contribution in [2.45, 2.75) is 0 Å². The molecule has 0 fully saturated rings. The Morgan fingerprint density at radius 1 is 0.286 bits per heavy atom. The van der Waals surface area contributed by atoms with Gasteiger partial charge in [0.05, 0.1) is 0 Å². The van der Waals surface area contributed by atoms with Gasteiger partial charge in [-0.05, 0) is 121 Å². The van der Waals surface area contributed by atoms with Gasteiger partial charge in [-0.25, -0.2) is 0 Å². The summed E-state index contributed by atoms with van der Waals surface area (Å²) in [7, 11) is -3.56. The van der Waals surface area contributed by atoms with E-state index < -0.39 is 7.14 Å². The van der Waals surface area contributed by atoms with Crippen molar-refractivity contribution in [3.63, 3.8) is 0 Å². The van der Waals surface area contributed by atoms with Crippen molar-refractivity contribution in [1.29, 1.82) is 0 Å². The molecule has 258 valence electrons. The third-order valence-electron chi connectivity index (χ3n) is 12.7. The summed E-state index contributed by atoms with van der Waals surface area (Å²) in [6, 6.07) is 68.3. The number of fused-ring (bicyclic) bond motifs is 11. The largest absolute Gasteiger partial charge is 0.309 e. The molecule has 12 aromatic carbocycles. The first-order chi connectivity index (χ1) is 27.7. The summed E-state index contributed by atoms with van der Waals surface area (Å²) < 4.78 is 17.3. The maximum absolute atomic E-state index is 17.3. The monoisotopic (exact) mass is 726 g/mol. The number of benzene rings is 11. The zero-order valence-corrected chi connectivity index (χ0v) is 31.1. The Morgan fingerprint density at radius 3 is 1.41 bits per heavy atom. The Kier molecular flexibility index (Phi) is 5.95. The second-order valence-electron chi connectivity index (χ2n) is 15.5. The van der Waals surface area contributed by atoms with Crippen LogP contribution in [-0.4, -0.2) is 0 Å². The number of hydrogen-bond donors (Lipinski definition) is 0. The van der Waals surface area contributed by atoms with Gasteiger partial charge in [0.15, 0.2) is 7.14 Å². The molecule has 2 heteroatoms. The van der Waals surface area contributed by atoms with Gasteiger partial charge in [-0.1, -0.05) is 170 Å². The Bertz CT molecular complexity index is 3740. The molecule has 13 rings (SSSR count). The standard InChI is InChI=1S/C54H31OP/c55-56(47-21-6-5-17-41(47)45-28-26-32-10-1-3-15-39(32)53(45)54-40-16-4-2-11-33(40)27-29-48(54)56)38-30-37-25-24-36-13-8-19-43-42-18-7-12-34-22-23-35-14-9-20-44(51(35)49(34)42)46(31-38)52(37)50(36)43/h1-31H. The average molecular weight is 727 g/mol. The Hall–Kier alpha value is -6.79. The summed E-state index contributed by atoms with van der Waals surface area (Å²) in [4.78, 5) is 0. The predicted molar refractivity (Wildman–Crippen MR) is 241 cm³/mol. The topological polar surface area (TPSA) is 17.1 Å². The van der Waals surface area contributed by atoms with Gasteiger partial charge in [-0.2, -0.15) is 0 Å². The Labute approximate surface area is 322 Å². The van der Waals surface area contributed by atoms with Gasteiger partial charge in [0.2, 0.25) is 0 Å². The second-order valence-corrected chi connectivity index (χ2v) is 18.1. The van der Waals surface area contributed by atoms with E-state index in [1.54, 1.807) is 0 Å². The fourth-order valence-electron chi connectivity index (χ4n) is 10.4. The maximum Gasteiger partial charge on any atom is 0.172 e. The number of hydrogen-bond acceptors (Lipinski definition) is 1. The highest BCUT2D eigenvalue weighted by molar-refractivity contribution is 7.86. The zero-order chi connectivity index (χ0) is 36.7. The molecule has 0 radical (unpaired) electrons. The molecule has 1 aliphatic rings. The quantitative estimate of drug-likeness (QED) is 0.122. The molecule has 0 saturated heterocycles. The van der Waals surface area contributed by atoms with Crippen LogP contribution in [0.2, 0.25) is 0 Å². The van der Waals surface area contributed by atoms with Crippen LogP contribution in [0.25, 0.3) is 108 Å². The van der Waals surface area contributed by atoms with Gasteiger partial charge in [0.25, 0.3) is 0 Å². The summed E-state index contributed by atoms with van der Waals surface area (Å²) in [6.07, 6.45) is 0. The highest BCUT2D eigenvalue weighted by Crippen LogP contribution is 2.55. The van der Waals surface area contributed by atoms with Crippen LogP contribution >= 0.6 is 7.14 Å². The fraction of sp³-hybridized carbons (Fsp3) is 0. The normalized spacial score (nSPS) is 15.3. The molecule has 0 amide bonds. The zero-order valence-electron chi connectivity index (χ0n) is 30.3. The van der Waals surface area contributed by atoms with E-state index in [1.807, 2.05) is 0 Å². The summed E-state index contributed by atoms with van der Waals surface area (Å²) in [6.45, 7) is 0. The predicted octanol–water partition coefficient (Wildman–Crippen LogP) is 13.6. The van der Waals surface area contributed by atoms with Crippen LogP contribution < -0.4 is 15.9 Å². The van der Waals surface area contributed by atoms with Crippen molar-refractivity contribution in [3.05, 3.63) is 188 Å². The van der Waals surface area contributed by atoms with Gasteiger partial charge >= 0.3 is 0 Å². The molecule has 0 aromatic heterocycles. The third-order valence-corrected chi connectivity index (χ3v) is 15.8. The van der Waals surface area contributed by atoms with Crippen LogP contribution in [0, 0.1) is 0 Å². The highest BCUT2D eigenvalue weighted by Gasteiger charge is 2.39. The molecule has 1 nitrogen and oxygen atoms in total. The Balaban J connectivity index is 1.28. The van der Waals surface area contributed by atoms with Crippen molar-refractivity contribution in [2.24, 2.45) is 0 Å². The molecule has 1 unspecified atom stereocenters. The first-order valence-electron chi connectivity index (χ1n) is 19.4. The first kappa shape index (κ1) is 30.5. The lowest BCUT2D eigenvalue weighted by molar-refractivity contribution is 0.592. The van der Waals surface area contributed by atoms with Crippen LogP contribution in [0.4, 0.5) is 0 Å². The van der Waals surface area contributed by atoms with E-state index in [2.05, 4.69) is 188 Å². The van der Waals surface area contributed by atoms with Crippen LogP contribution in [0.3, 0.4) is 0 Å². The van der Waals surface area contributed by atoms with Crippen molar-refractivity contribution in [2.75, 3.05) is 0 Å². The molecule has 1 aliphatic heterocycles. The molecular weight excluding hydrogens is 696 g/mol. The summed E-state index contributed by atoms with van der Waals surface area (Å²) in [5, 5.41) is 21.7. The lowest BCUT2D eigenvalue weighted by Gasteiger charge is -2.24. The molecular formula is C54H31OP. The molecule has 12 aromatic rings. The minimum atomic E-state index is -3.56. The molecule has 56 heavy (non-hydrogen) atoms. The van der Waals surface area contributed by atoms with Gasteiger partial charge in [0, 0.05) is 21.5 Å². The third kappa shape index (κ3) is 3.83. The smallest absolute Gasteiger partial charge is 0.172 e. The van der Waals surface area contributed by atoms with Crippen LogP contribution in [0.15, 0.2) is 188 Å². The molecule has 0 bridgehead atoms. The molecule has 1 atom stereocenters. The van der Waals surface area contributed by atoms with Crippen LogP contribution in [-0.2, 0) is 4.57 Å². The van der Waals surface area contributed by atoms with Gasteiger partial charge in [-0.15, -0.1) is 0 Å². The second kappa shape index (κ2) is 10.9. The maximum atomic E-state index is 17.3. The molecule has 0 saturated carbocycles. The number of rotatable bonds is 1. The lowest BCUT2D eigenvalue weighted by Crippen LogP contribution is -2.26. The van der Waals surface area contributed by atoms with E-state index in [0.717, 1.165) is 59.7 Å². The highest BCUT2D eigenvalue weighted by atomic mass is 31.2. The van der Waals surface area contributed by atoms with E-state index in [4.69, 9.17) is 0 Å². The minimum absolute atomic E-state index is 0.857. The molecule has 1 heterocycles. The summed E-state index contributed by atoms with van der Waals surface area (Å²) >= 11 is 0. The Morgan fingerprint density at radius 2 is 0.750 bits per heavy atom. The van der Waals surface area contributed by atoms with Crippen molar-refractivity contribution >= 4 is 109 Å². The molecule has 0 spiro atoms. The summed E-state index contributed by atoms with van der Waals surface area (Å²) in [5.74, 6) is 0. The van der Waals surface area contributed by atoms with Gasteiger partial charge in [0.1, 0.15) is 0 Å². The van der Waals surface area contributed by atoms with Crippen molar-refractivity contribution < 1.29 is 4.57 Å². The molecule has 0 aliphatic carbocycles. The van der Waals surface area contributed by atoms with Crippen molar-refractivity contribution in [3.8, 4) is 22.3 Å². The van der Waals surface area contributed by atoms with Gasteiger partial charge in [-0.3, -0.25) is 0 Å².